The van der Waals surface area contributed by atoms with Crippen LogP contribution in [-0.4, -0.2) is 57.6 Å². The van der Waals surface area contributed by atoms with Gasteiger partial charge in [-0.2, -0.15) is 9.36 Å². The van der Waals surface area contributed by atoms with Crippen molar-refractivity contribution in [1.82, 2.24) is 14.3 Å². The first-order valence-electron chi connectivity index (χ1n) is 5.92. The number of nitrogens with zero attached hydrogens (tertiary/aromatic N) is 4. The number of carbonyl (C=O) groups is 1. The fourth-order valence-electron chi connectivity index (χ4n) is 2.17. The van der Waals surface area contributed by atoms with Crippen molar-refractivity contribution in [3.63, 3.8) is 0 Å². The quantitative estimate of drug-likeness (QED) is 0.802. The van der Waals surface area contributed by atoms with Crippen molar-refractivity contribution in [2.45, 2.75) is 19.4 Å². The lowest BCUT2D eigenvalue weighted by atomic mass is 10.1. The van der Waals surface area contributed by atoms with Crippen LogP contribution in [0.2, 0.25) is 0 Å². The second-order valence-electron chi connectivity index (χ2n) is 4.22. The molecule has 2 rings (SSSR count). The molecule has 0 aromatic carbocycles. The van der Waals surface area contributed by atoms with Crippen LogP contribution in [0, 0.1) is 0 Å². The van der Waals surface area contributed by atoms with Gasteiger partial charge in [-0.3, -0.25) is 9.69 Å². The molecule has 0 spiro atoms. The van der Waals surface area contributed by atoms with Gasteiger partial charge in [-0.25, -0.2) is 0 Å². The molecule has 1 aliphatic heterocycles. The molecule has 0 saturated carbocycles. The number of aromatic nitrogens is 2. The van der Waals surface area contributed by atoms with E-state index in [4.69, 9.17) is 10.8 Å². The van der Waals surface area contributed by atoms with Crippen molar-refractivity contribution in [2.24, 2.45) is 0 Å². The summed E-state index contributed by atoms with van der Waals surface area (Å²) >= 11 is 1.28. The monoisotopic (exact) mass is 271 g/mol. The third-order valence-corrected chi connectivity index (χ3v) is 3.92. The van der Waals surface area contributed by atoms with Gasteiger partial charge >= 0.3 is 5.97 Å². The fourth-order valence-corrected chi connectivity index (χ4v) is 2.82. The van der Waals surface area contributed by atoms with Gasteiger partial charge in [0.1, 0.15) is 6.04 Å². The Morgan fingerprint density at radius 3 is 2.61 bits per heavy atom. The molecule has 0 radical (unpaired) electrons. The smallest absolute Gasteiger partial charge is 0.320 e. The first-order chi connectivity index (χ1) is 8.61. The maximum absolute atomic E-state index is 11.1. The zero-order chi connectivity index (χ0) is 13.1. The first kappa shape index (κ1) is 13.0. The number of carboxylic acid groups (broad SMARTS) is 1. The normalized spacial score (nSPS) is 18.8. The van der Waals surface area contributed by atoms with Crippen LogP contribution in [0.3, 0.4) is 0 Å². The van der Waals surface area contributed by atoms with E-state index in [2.05, 4.69) is 14.3 Å². The van der Waals surface area contributed by atoms with E-state index in [9.17, 15) is 4.79 Å². The molecule has 7 nitrogen and oxygen atoms in total. The lowest BCUT2D eigenvalue weighted by molar-refractivity contribution is -0.143. The lowest BCUT2D eigenvalue weighted by Crippen LogP contribution is -2.52. The maximum atomic E-state index is 11.1. The second kappa shape index (κ2) is 5.49. The second-order valence-corrected chi connectivity index (χ2v) is 4.95. The summed E-state index contributed by atoms with van der Waals surface area (Å²) in [5.74, 6) is -0.444. The Hall–Kier alpha value is -1.41. The van der Waals surface area contributed by atoms with E-state index >= 15 is 0 Å². The van der Waals surface area contributed by atoms with Crippen molar-refractivity contribution >= 4 is 28.6 Å². The number of rotatable bonds is 4. The van der Waals surface area contributed by atoms with Gasteiger partial charge in [0.2, 0.25) is 11.1 Å². The number of aliphatic carboxylic acids is 1. The molecule has 100 valence electrons. The minimum atomic E-state index is -0.744. The van der Waals surface area contributed by atoms with Crippen LogP contribution >= 0.6 is 11.5 Å². The molecule has 1 fully saturated rings. The Balaban J connectivity index is 1.93. The van der Waals surface area contributed by atoms with E-state index in [0.29, 0.717) is 12.4 Å². The van der Waals surface area contributed by atoms with Gasteiger partial charge in [-0.05, 0) is 6.42 Å². The molecule has 2 heterocycles. The van der Waals surface area contributed by atoms with E-state index in [1.807, 2.05) is 11.8 Å². The summed E-state index contributed by atoms with van der Waals surface area (Å²) < 4.78 is 3.95. The van der Waals surface area contributed by atoms with E-state index in [1.54, 1.807) is 0 Å². The molecule has 8 heteroatoms. The van der Waals surface area contributed by atoms with Crippen molar-refractivity contribution in [1.29, 1.82) is 0 Å². The van der Waals surface area contributed by atoms with Gasteiger partial charge in [0.25, 0.3) is 0 Å². The molecule has 1 unspecified atom stereocenters. The number of piperazine rings is 1. The Kier molecular flexibility index (Phi) is 3.97. The van der Waals surface area contributed by atoms with Crippen LogP contribution in [0.5, 0.6) is 0 Å². The Morgan fingerprint density at radius 2 is 2.17 bits per heavy atom. The highest BCUT2D eigenvalue weighted by Gasteiger charge is 2.28. The summed E-state index contributed by atoms with van der Waals surface area (Å²) in [5, 5.41) is 9.93. The predicted octanol–water partition coefficient (Wildman–Crippen LogP) is 0.106. The third-order valence-electron chi connectivity index (χ3n) is 3.13. The highest BCUT2D eigenvalue weighted by atomic mass is 32.1. The fraction of sp³-hybridized carbons (Fsp3) is 0.700. The Bertz CT molecular complexity index is 416. The SMILES string of the molecule is CCC(C(=O)O)N1CCN(c2nc(N)ns2)CC1. The molecule has 1 aromatic heterocycles. The largest absolute Gasteiger partial charge is 0.480 e. The van der Waals surface area contributed by atoms with Crippen LogP contribution in [-0.2, 0) is 4.79 Å². The first-order valence-corrected chi connectivity index (χ1v) is 6.70. The summed E-state index contributed by atoms with van der Waals surface area (Å²) in [5.41, 5.74) is 5.50. The highest BCUT2D eigenvalue weighted by molar-refractivity contribution is 7.09. The molecule has 0 amide bonds. The van der Waals surface area contributed by atoms with E-state index in [0.717, 1.165) is 31.3 Å². The van der Waals surface area contributed by atoms with Gasteiger partial charge in [0.05, 0.1) is 0 Å². The zero-order valence-electron chi connectivity index (χ0n) is 10.2. The van der Waals surface area contributed by atoms with Gasteiger partial charge in [0, 0.05) is 37.7 Å². The van der Waals surface area contributed by atoms with Crippen molar-refractivity contribution in [3.05, 3.63) is 0 Å². The topological polar surface area (TPSA) is 95.6 Å². The molecule has 1 atom stereocenters. The summed E-state index contributed by atoms with van der Waals surface area (Å²) in [6.45, 7) is 4.88. The molecule has 0 aliphatic carbocycles. The zero-order valence-corrected chi connectivity index (χ0v) is 11.1. The van der Waals surface area contributed by atoms with Crippen molar-refractivity contribution in [2.75, 3.05) is 36.8 Å². The number of hydrogen-bond donors (Lipinski definition) is 2. The van der Waals surface area contributed by atoms with Crippen LogP contribution in [0.1, 0.15) is 13.3 Å². The molecule has 3 N–H and O–H groups in total. The lowest BCUT2D eigenvalue weighted by Gasteiger charge is -2.37. The minimum absolute atomic E-state index is 0.300. The third kappa shape index (κ3) is 2.70. The molecule has 18 heavy (non-hydrogen) atoms. The van der Waals surface area contributed by atoms with Gasteiger partial charge < -0.3 is 15.7 Å². The average Bonchev–Trinajstić information content (AvgIpc) is 2.77. The number of hydrogen-bond acceptors (Lipinski definition) is 7. The van der Waals surface area contributed by atoms with Crippen LogP contribution in [0.25, 0.3) is 0 Å². The highest BCUT2D eigenvalue weighted by Crippen LogP contribution is 2.20. The Morgan fingerprint density at radius 1 is 1.50 bits per heavy atom. The number of anilines is 2. The molecule has 0 bridgehead atoms. The molecule has 1 saturated heterocycles. The minimum Gasteiger partial charge on any atom is -0.480 e. The number of nitrogen functional groups attached to an aromatic ring is 1. The van der Waals surface area contributed by atoms with E-state index in [1.165, 1.54) is 11.5 Å². The van der Waals surface area contributed by atoms with Crippen LogP contribution < -0.4 is 10.6 Å². The van der Waals surface area contributed by atoms with Gasteiger partial charge in [-0.1, -0.05) is 6.92 Å². The summed E-state index contributed by atoms with van der Waals surface area (Å²) in [6.07, 6.45) is 0.626. The molecule has 1 aromatic rings. The molecule has 1 aliphatic rings. The van der Waals surface area contributed by atoms with E-state index < -0.39 is 5.97 Å². The Labute approximate surface area is 109 Å². The summed E-state index contributed by atoms with van der Waals surface area (Å²) in [6, 6.07) is -0.383. The summed E-state index contributed by atoms with van der Waals surface area (Å²) in [4.78, 5) is 19.3. The average molecular weight is 271 g/mol. The maximum Gasteiger partial charge on any atom is 0.320 e. The van der Waals surface area contributed by atoms with Crippen molar-refractivity contribution in [3.8, 4) is 0 Å². The van der Waals surface area contributed by atoms with E-state index in [-0.39, 0.29) is 6.04 Å². The molecular formula is C10H17N5O2S. The number of nitrogens with two attached hydrogens (primary N) is 1. The van der Waals surface area contributed by atoms with Crippen LogP contribution in [0.15, 0.2) is 0 Å². The summed E-state index contributed by atoms with van der Waals surface area (Å²) in [7, 11) is 0. The molecular weight excluding hydrogens is 254 g/mol. The van der Waals surface area contributed by atoms with Crippen LogP contribution in [0.4, 0.5) is 11.1 Å². The predicted molar refractivity (Wildman–Crippen MR) is 69.8 cm³/mol. The number of carboxylic acids is 1. The van der Waals surface area contributed by atoms with Crippen molar-refractivity contribution < 1.29 is 9.90 Å². The van der Waals surface area contributed by atoms with Gasteiger partial charge in [-0.15, -0.1) is 0 Å². The standard InChI is InChI=1S/C10H17N5O2S/c1-2-7(8(16)17)14-3-5-15(6-4-14)10-12-9(11)13-18-10/h7H,2-6H2,1H3,(H2,11,13)(H,16,17). The van der Waals surface area contributed by atoms with Gasteiger partial charge in [0.15, 0.2) is 0 Å².